The minimum absolute atomic E-state index is 0.00725. The van der Waals surface area contributed by atoms with Crippen LogP contribution >= 0.6 is 0 Å². The lowest BCUT2D eigenvalue weighted by molar-refractivity contribution is -0.148. The molecule has 2 fully saturated rings. The molecule has 19 heavy (non-hydrogen) atoms. The highest BCUT2D eigenvalue weighted by Gasteiger charge is 2.36. The van der Waals surface area contributed by atoms with E-state index in [0.717, 1.165) is 44.2 Å². The minimum Gasteiger partial charge on any atom is -0.468 e. The molecule has 1 saturated carbocycles. The zero-order chi connectivity index (χ0) is 13.7. The maximum Gasteiger partial charge on any atom is 0.323 e. The molecule has 0 amide bonds. The Morgan fingerprint density at radius 3 is 2.68 bits per heavy atom. The number of hydrogen-bond donors (Lipinski definition) is 0. The number of nitrogens with zero attached hydrogens (tertiary/aromatic N) is 1. The second-order valence-electron chi connectivity index (χ2n) is 6.27. The summed E-state index contributed by atoms with van der Waals surface area (Å²) in [5.41, 5.74) is 0. The van der Waals surface area contributed by atoms with Gasteiger partial charge in [0.15, 0.2) is 0 Å². The first-order chi connectivity index (χ1) is 9.26. The van der Waals surface area contributed by atoms with E-state index in [4.69, 9.17) is 4.74 Å². The van der Waals surface area contributed by atoms with Crippen molar-refractivity contribution in [2.24, 2.45) is 11.8 Å². The van der Waals surface area contributed by atoms with E-state index >= 15 is 0 Å². The molecule has 0 spiro atoms. The number of ether oxygens (including phenoxy) is 1. The molecule has 1 saturated heterocycles. The van der Waals surface area contributed by atoms with Gasteiger partial charge in [-0.2, -0.15) is 0 Å². The molecule has 3 heteroatoms. The van der Waals surface area contributed by atoms with Gasteiger partial charge in [0, 0.05) is 6.54 Å². The van der Waals surface area contributed by atoms with Crippen LogP contribution in [0.5, 0.6) is 0 Å². The third kappa shape index (κ3) is 3.71. The zero-order valence-corrected chi connectivity index (χ0v) is 12.6. The molecule has 3 unspecified atom stereocenters. The van der Waals surface area contributed by atoms with Gasteiger partial charge in [0.1, 0.15) is 6.04 Å². The molecule has 0 bridgehead atoms. The highest BCUT2D eigenvalue weighted by molar-refractivity contribution is 5.75. The number of piperidine rings is 1. The van der Waals surface area contributed by atoms with Crippen molar-refractivity contribution in [2.45, 2.75) is 64.3 Å². The Morgan fingerprint density at radius 1 is 1.26 bits per heavy atom. The van der Waals surface area contributed by atoms with Gasteiger partial charge in [0.25, 0.3) is 0 Å². The molecule has 1 aliphatic carbocycles. The maximum absolute atomic E-state index is 12.0. The smallest absolute Gasteiger partial charge is 0.323 e. The number of carbonyl (C=O) groups excluding carboxylic acids is 1. The van der Waals surface area contributed by atoms with E-state index in [-0.39, 0.29) is 12.0 Å². The highest BCUT2D eigenvalue weighted by atomic mass is 16.5. The lowest BCUT2D eigenvalue weighted by Gasteiger charge is -2.43. The molecule has 0 aromatic carbocycles. The van der Waals surface area contributed by atoms with Crippen LogP contribution in [0.25, 0.3) is 0 Å². The average molecular weight is 267 g/mol. The van der Waals surface area contributed by atoms with Gasteiger partial charge in [-0.25, -0.2) is 0 Å². The van der Waals surface area contributed by atoms with Crippen LogP contribution in [-0.2, 0) is 9.53 Å². The van der Waals surface area contributed by atoms with Gasteiger partial charge in [-0.3, -0.25) is 9.69 Å². The van der Waals surface area contributed by atoms with Gasteiger partial charge in [-0.15, -0.1) is 0 Å². The van der Waals surface area contributed by atoms with Crippen molar-refractivity contribution in [1.82, 2.24) is 4.90 Å². The van der Waals surface area contributed by atoms with Crippen LogP contribution in [0.1, 0.15) is 58.3 Å². The summed E-state index contributed by atoms with van der Waals surface area (Å²) >= 11 is 0. The second-order valence-corrected chi connectivity index (χ2v) is 6.27. The van der Waals surface area contributed by atoms with Crippen molar-refractivity contribution < 1.29 is 9.53 Å². The molecule has 0 N–H and O–H groups in total. The SMILES string of the molecule is CCCCC(C(=O)OC)N1CCC2CCCCC2C1. The van der Waals surface area contributed by atoms with Crippen LogP contribution in [-0.4, -0.2) is 37.1 Å². The van der Waals surface area contributed by atoms with E-state index in [9.17, 15) is 4.79 Å². The molecule has 1 heterocycles. The predicted octanol–water partition coefficient (Wildman–Crippen LogP) is 3.23. The summed E-state index contributed by atoms with van der Waals surface area (Å²) in [6, 6.07) is 0.00725. The van der Waals surface area contributed by atoms with Crippen molar-refractivity contribution in [3.8, 4) is 0 Å². The van der Waals surface area contributed by atoms with Gasteiger partial charge in [0.05, 0.1) is 7.11 Å². The molecule has 3 nitrogen and oxygen atoms in total. The normalized spacial score (nSPS) is 29.6. The molecule has 3 atom stereocenters. The number of esters is 1. The largest absolute Gasteiger partial charge is 0.468 e. The lowest BCUT2D eigenvalue weighted by atomic mass is 9.75. The van der Waals surface area contributed by atoms with Gasteiger partial charge in [-0.1, -0.05) is 39.0 Å². The summed E-state index contributed by atoms with van der Waals surface area (Å²) in [5, 5.41) is 0. The van der Waals surface area contributed by atoms with E-state index in [1.807, 2.05) is 0 Å². The topological polar surface area (TPSA) is 29.5 Å². The van der Waals surface area contributed by atoms with E-state index in [0.29, 0.717) is 0 Å². The maximum atomic E-state index is 12.0. The molecule has 2 aliphatic rings. The Hall–Kier alpha value is -0.570. The predicted molar refractivity (Wildman–Crippen MR) is 77.0 cm³/mol. The number of carbonyl (C=O) groups is 1. The quantitative estimate of drug-likeness (QED) is 0.716. The number of likely N-dealkylation sites (tertiary alicyclic amines) is 1. The third-order valence-corrected chi connectivity index (χ3v) is 5.07. The molecule has 2 rings (SSSR count). The van der Waals surface area contributed by atoms with E-state index in [1.165, 1.54) is 39.2 Å². The average Bonchev–Trinajstić information content (AvgIpc) is 2.47. The highest BCUT2D eigenvalue weighted by Crippen LogP contribution is 2.37. The lowest BCUT2D eigenvalue weighted by Crippen LogP contribution is -2.50. The van der Waals surface area contributed by atoms with Gasteiger partial charge >= 0.3 is 5.97 Å². The van der Waals surface area contributed by atoms with Crippen LogP contribution in [0.3, 0.4) is 0 Å². The first-order valence-corrected chi connectivity index (χ1v) is 8.08. The molecule has 1 aliphatic heterocycles. The Kier molecular flexibility index (Phi) is 5.68. The number of methoxy groups -OCH3 is 1. The van der Waals surface area contributed by atoms with Gasteiger partial charge < -0.3 is 4.74 Å². The van der Waals surface area contributed by atoms with Crippen molar-refractivity contribution in [1.29, 1.82) is 0 Å². The van der Waals surface area contributed by atoms with Crippen LogP contribution in [0.4, 0.5) is 0 Å². The number of hydrogen-bond acceptors (Lipinski definition) is 3. The fourth-order valence-corrected chi connectivity index (χ4v) is 3.90. The molecule has 110 valence electrons. The molecule has 0 aromatic heterocycles. The summed E-state index contributed by atoms with van der Waals surface area (Å²) in [6.45, 7) is 4.39. The Morgan fingerprint density at radius 2 is 2.00 bits per heavy atom. The van der Waals surface area contributed by atoms with Crippen LogP contribution < -0.4 is 0 Å². The summed E-state index contributed by atoms with van der Waals surface area (Å²) in [4.78, 5) is 14.4. The van der Waals surface area contributed by atoms with E-state index in [1.54, 1.807) is 0 Å². The summed E-state index contributed by atoms with van der Waals surface area (Å²) in [6.07, 6.45) is 10.1. The Balaban J connectivity index is 1.95. The molecular weight excluding hydrogens is 238 g/mol. The van der Waals surface area contributed by atoms with Crippen molar-refractivity contribution in [3.05, 3.63) is 0 Å². The van der Waals surface area contributed by atoms with Crippen LogP contribution in [0, 0.1) is 11.8 Å². The molecular formula is C16H29NO2. The van der Waals surface area contributed by atoms with Gasteiger partial charge in [-0.05, 0) is 37.6 Å². The van der Waals surface area contributed by atoms with E-state index in [2.05, 4.69) is 11.8 Å². The molecule has 0 radical (unpaired) electrons. The summed E-state index contributed by atoms with van der Waals surface area (Å²) in [7, 11) is 1.52. The number of unbranched alkanes of at least 4 members (excludes halogenated alkanes) is 1. The zero-order valence-electron chi connectivity index (χ0n) is 12.6. The third-order valence-electron chi connectivity index (χ3n) is 5.07. The Labute approximate surface area is 117 Å². The van der Waals surface area contributed by atoms with E-state index < -0.39 is 0 Å². The first kappa shape index (κ1) is 14.8. The number of rotatable bonds is 5. The second kappa shape index (κ2) is 7.28. The van der Waals surface area contributed by atoms with Crippen molar-refractivity contribution in [3.63, 3.8) is 0 Å². The van der Waals surface area contributed by atoms with Crippen LogP contribution in [0.15, 0.2) is 0 Å². The standard InChI is InChI=1S/C16H29NO2/c1-3-4-9-15(16(18)19-2)17-11-10-13-7-5-6-8-14(13)12-17/h13-15H,3-12H2,1-2H3. The fourth-order valence-electron chi connectivity index (χ4n) is 3.90. The summed E-state index contributed by atoms with van der Waals surface area (Å²) < 4.78 is 5.02. The summed E-state index contributed by atoms with van der Waals surface area (Å²) in [5.74, 6) is 1.73. The van der Waals surface area contributed by atoms with Crippen molar-refractivity contribution >= 4 is 5.97 Å². The minimum atomic E-state index is -0.0253. The van der Waals surface area contributed by atoms with Crippen molar-refractivity contribution in [2.75, 3.05) is 20.2 Å². The monoisotopic (exact) mass is 267 g/mol. The number of fused-ring (bicyclic) bond motifs is 1. The first-order valence-electron chi connectivity index (χ1n) is 8.08. The fraction of sp³-hybridized carbons (Fsp3) is 0.938. The Bertz CT molecular complexity index is 292. The van der Waals surface area contributed by atoms with Gasteiger partial charge in [0.2, 0.25) is 0 Å². The van der Waals surface area contributed by atoms with Crippen LogP contribution in [0.2, 0.25) is 0 Å². The molecule has 0 aromatic rings.